The smallest absolute Gasteiger partial charge is 0.338 e. The number of hydrogen-bond acceptors (Lipinski definition) is 6. The number of rotatable bonds is 5. The quantitative estimate of drug-likeness (QED) is 0.186. The Morgan fingerprint density at radius 1 is 1.32 bits per heavy atom. The molecular weight excluding hydrogens is 499 g/mol. The molecule has 8 nitrogen and oxygen atoms in total. The second kappa shape index (κ2) is 8.50. The van der Waals surface area contributed by atoms with Crippen LogP contribution in [0.15, 0.2) is 58.0 Å². The van der Waals surface area contributed by atoms with Gasteiger partial charge in [-0.15, -0.1) is 0 Å². The lowest BCUT2D eigenvalue weighted by molar-refractivity contribution is -0.684. The summed E-state index contributed by atoms with van der Waals surface area (Å²) in [6.45, 7) is 0. The number of carbonyl (C=O) groups excluding carboxylic acids is 1. The summed E-state index contributed by atoms with van der Waals surface area (Å²) in [7, 11) is 0. The zero-order valence-corrected chi connectivity index (χ0v) is 17.5. The molecule has 1 aromatic rings. The van der Waals surface area contributed by atoms with E-state index in [1.54, 1.807) is 12.4 Å². The molecule has 10 heteroatoms. The Morgan fingerprint density at radius 3 is 2.64 bits per heavy atom. The number of benzene rings is 1. The summed E-state index contributed by atoms with van der Waals surface area (Å²) in [6.07, 6.45) is 7.99. The Labute approximate surface area is 180 Å². The first-order valence-corrected chi connectivity index (χ1v) is 9.63. The van der Waals surface area contributed by atoms with Gasteiger partial charge in [0.1, 0.15) is 6.20 Å². The van der Waals surface area contributed by atoms with E-state index >= 15 is 0 Å². The van der Waals surface area contributed by atoms with Gasteiger partial charge in [-0.2, -0.15) is 4.99 Å². The number of amidine groups is 1. The van der Waals surface area contributed by atoms with Gasteiger partial charge in [0.15, 0.2) is 17.5 Å². The van der Waals surface area contributed by atoms with E-state index in [1.807, 2.05) is 6.20 Å². The fourth-order valence-electron chi connectivity index (χ4n) is 3.24. The van der Waals surface area contributed by atoms with Crippen molar-refractivity contribution in [2.24, 2.45) is 15.9 Å². The second-order valence-corrected chi connectivity index (χ2v) is 7.55. The molecule has 4 rings (SSSR count). The lowest BCUT2D eigenvalue weighted by atomic mass is 9.79. The summed E-state index contributed by atoms with van der Waals surface area (Å²) in [6, 6.07) is 5.44. The molecule has 2 unspecified atom stereocenters. The molecule has 1 aromatic carbocycles. The molecule has 1 saturated carbocycles. The molecule has 2 atom stereocenters. The van der Waals surface area contributed by atoms with E-state index in [2.05, 4.69) is 32.6 Å². The van der Waals surface area contributed by atoms with Gasteiger partial charge in [0.2, 0.25) is 0 Å². The maximum absolute atomic E-state index is 12.7. The number of carbonyl (C=O) groups is 1. The summed E-state index contributed by atoms with van der Waals surface area (Å²) >= 11 is 2.18. The van der Waals surface area contributed by atoms with Gasteiger partial charge in [-0.1, -0.05) is 6.42 Å². The molecule has 2 heterocycles. The van der Waals surface area contributed by atoms with Crippen LogP contribution < -0.4 is 17.3 Å². The number of ether oxygens (including phenoxy) is 1. The highest BCUT2D eigenvalue weighted by atomic mass is 127. The predicted octanol–water partition coefficient (Wildman–Crippen LogP) is -0.619. The molecule has 0 bridgehead atoms. The first-order valence-electron chi connectivity index (χ1n) is 8.56. The van der Waals surface area contributed by atoms with E-state index in [4.69, 9.17) is 4.74 Å². The van der Waals surface area contributed by atoms with E-state index in [-0.39, 0.29) is 29.6 Å². The molecule has 2 aliphatic heterocycles. The van der Waals surface area contributed by atoms with Crippen molar-refractivity contribution in [3.05, 3.63) is 63.7 Å². The predicted molar refractivity (Wildman–Crippen MR) is 107 cm³/mol. The number of nitro groups is 1. The Morgan fingerprint density at radius 2 is 2.04 bits per heavy atom. The molecule has 1 fully saturated rings. The molecule has 28 heavy (non-hydrogen) atoms. The molecule has 0 radical (unpaired) electrons. The first kappa shape index (κ1) is 20.6. The van der Waals surface area contributed by atoms with Crippen molar-refractivity contribution in [3.63, 3.8) is 0 Å². The number of nitro benzene ring substituents is 1. The summed E-state index contributed by atoms with van der Waals surface area (Å²) in [4.78, 5) is 32.8. The van der Waals surface area contributed by atoms with Crippen molar-refractivity contribution in [3.8, 4) is 0 Å². The molecule has 1 N–H and O–H groups in total. The fraction of sp³-hybridized carbons (Fsp3) is 0.278. The van der Waals surface area contributed by atoms with Crippen LogP contribution in [0, 0.1) is 16.0 Å². The standard InChI is InChI=1S/C18H15IN4O4.ClH/c19-18-21-15(14-10-20-8-9-22(14)18)16(11-2-1-3-11)27-17(24)12-4-6-13(7-5-12)23(25)26;/h4-11,16H,1-3H2;1H. The normalized spacial score (nSPS) is 21.3. The highest BCUT2D eigenvalue weighted by molar-refractivity contribution is 14.1. The molecular formula is C18H16ClIN4O4. The minimum Gasteiger partial charge on any atom is -1.00 e. The molecule has 0 saturated heterocycles. The number of halogens is 2. The number of fused-ring (bicyclic) bond motifs is 1. The van der Waals surface area contributed by atoms with Crippen LogP contribution in [0.5, 0.6) is 0 Å². The number of nitrogens with one attached hydrogen (secondary N) is 1. The van der Waals surface area contributed by atoms with Crippen molar-refractivity contribution < 1.29 is 31.8 Å². The van der Waals surface area contributed by atoms with Gasteiger partial charge >= 0.3 is 5.97 Å². The van der Waals surface area contributed by atoms with Gasteiger partial charge in [0.05, 0.1) is 45.5 Å². The molecule has 3 aliphatic rings. The monoisotopic (exact) mass is 514 g/mol. The average molecular weight is 515 g/mol. The summed E-state index contributed by atoms with van der Waals surface area (Å²) in [5, 5.41) is 10.8. The number of hydrogen-bond donors (Lipinski definition) is 1. The number of esters is 1. The minimum atomic E-state index is -0.503. The number of quaternary nitrogens is 1. The van der Waals surface area contributed by atoms with E-state index in [9.17, 15) is 14.9 Å². The number of non-ortho nitro benzene ring substituents is 1. The summed E-state index contributed by atoms with van der Waals surface area (Å²) in [5.41, 5.74) is 1.86. The third kappa shape index (κ3) is 3.87. The van der Waals surface area contributed by atoms with Crippen molar-refractivity contribution >= 4 is 44.3 Å². The Bertz CT molecular complexity index is 922. The average Bonchev–Trinajstić information content (AvgIpc) is 2.97. The minimum absolute atomic E-state index is 0. The molecule has 0 aromatic heterocycles. The maximum atomic E-state index is 12.7. The van der Waals surface area contributed by atoms with Gasteiger partial charge < -0.3 is 17.1 Å². The molecule has 0 spiro atoms. The lowest BCUT2D eigenvalue weighted by Crippen LogP contribution is -3.07. The number of aliphatic imine (C=N–C) groups is 2. The maximum Gasteiger partial charge on any atom is 0.338 e. The van der Waals surface area contributed by atoms with Crippen LogP contribution in [0.25, 0.3) is 0 Å². The van der Waals surface area contributed by atoms with Crippen molar-refractivity contribution in [1.82, 2.24) is 0 Å². The van der Waals surface area contributed by atoms with Crippen LogP contribution in [0.2, 0.25) is 0 Å². The van der Waals surface area contributed by atoms with Gasteiger partial charge in [0.25, 0.3) is 9.53 Å². The SMILES string of the molecule is O=C(OC(C1=C2C=NC=C[NH+]2C(I)=N1)C1CCC1)c1ccc([N+](=O)[O-])cc1.[Cl-]. The highest BCUT2D eigenvalue weighted by Gasteiger charge is 2.41. The lowest BCUT2D eigenvalue weighted by Gasteiger charge is -2.32. The van der Waals surface area contributed by atoms with E-state index in [0.29, 0.717) is 0 Å². The molecule has 146 valence electrons. The van der Waals surface area contributed by atoms with E-state index < -0.39 is 17.0 Å². The van der Waals surface area contributed by atoms with Gasteiger partial charge in [-0.25, -0.2) is 9.69 Å². The largest absolute Gasteiger partial charge is 1.00 e. The summed E-state index contributed by atoms with van der Waals surface area (Å²) in [5.74, 6) is -0.280. The van der Waals surface area contributed by atoms with Gasteiger partial charge in [-0.3, -0.25) is 15.1 Å². The van der Waals surface area contributed by atoms with Crippen molar-refractivity contribution in [2.45, 2.75) is 25.4 Å². The van der Waals surface area contributed by atoms with Crippen LogP contribution in [0.3, 0.4) is 0 Å². The van der Waals surface area contributed by atoms with Crippen LogP contribution >= 0.6 is 22.6 Å². The zero-order chi connectivity index (χ0) is 19.0. The topological polar surface area (TPSA) is 98.6 Å². The fourth-order valence-corrected chi connectivity index (χ4v) is 3.97. The van der Waals surface area contributed by atoms with E-state index in [1.165, 1.54) is 24.3 Å². The third-order valence-corrected chi connectivity index (χ3v) is 5.76. The molecule has 1 aliphatic carbocycles. The van der Waals surface area contributed by atoms with E-state index in [0.717, 1.165) is 39.4 Å². The van der Waals surface area contributed by atoms with Gasteiger partial charge in [0, 0.05) is 18.1 Å². The number of allylic oxidation sites excluding steroid dienone is 1. The Balaban J connectivity index is 0.00000225. The van der Waals surface area contributed by atoms with Crippen LogP contribution in [0.4, 0.5) is 5.69 Å². The zero-order valence-electron chi connectivity index (χ0n) is 14.5. The highest BCUT2D eigenvalue weighted by Crippen LogP contribution is 2.36. The second-order valence-electron chi connectivity index (χ2n) is 6.53. The number of nitrogens with zero attached hydrogens (tertiary/aromatic N) is 3. The Hall–Kier alpha value is -2.11. The molecule has 0 amide bonds. The van der Waals surface area contributed by atoms with Crippen molar-refractivity contribution in [1.29, 1.82) is 0 Å². The Kier molecular flexibility index (Phi) is 6.26. The third-order valence-electron chi connectivity index (χ3n) is 4.93. The van der Waals surface area contributed by atoms with Crippen molar-refractivity contribution in [2.75, 3.05) is 0 Å². The van der Waals surface area contributed by atoms with Gasteiger partial charge in [-0.05, 0) is 25.0 Å². The van der Waals surface area contributed by atoms with Crippen LogP contribution in [-0.4, -0.2) is 27.1 Å². The van der Waals surface area contributed by atoms with Crippen LogP contribution in [-0.2, 0) is 4.74 Å². The first-order chi connectivity index (χ1) is 13.0. The summed E-state index contributed by atoms with van der Waals surface area (Å²) < 4.78 is 6.70. The van der Waals surface area contributed by atoms with Crippen LogP contribution in [0.1, 0.15) is 29.6 Å².